The smallest absolute Gasteiger partial charge is 0.162 e. The summed E-state index contributed by atoms with van der Waals surface area (Å²) >= 11 is 1.23. The van der Waals surface area contributed by atoms with E-state index in [4.69, 9.17) is 11.1 Å². The molecule has 2 aliphatic rings. The van der Waals surface area contributed by atoms with E-state index >= 15 is 0 Å². The molecular weight excluding hydrogens is 200 g/mol. The van der Waals surface area contributed by atoms with E-state index in [1.807, 2.05) is 0 Å². The number of aliphatic imine (C=N–C) groups is 4. The average molecular weight is 208 g/mol. The van der Waals surface area contributed by atoms with Gasteiger partial charge < -0.3 is 5.73 Å². The van der Waals surface area contributed by atoms with Gasteiger partial charge in [-0.2, -0.15) is 0 Å². The first kappa shape index (κ1) is 9.07. The number of nitrogens with zero attached hydrogens (tertiary/aromatic N) is 4. The minimum absolute atomic E-state index is 0.0793. The molecule has 3 N–H and O–H groups in total. The Balaban J connectivity index is 2.08. The van der Waals surface area contributed by atoms with E-state index in [1.165, 1.54) is 24.4 Å². The summed E-state index contributed by atoms with van der Waals surface area (Å²) in [5.41, 5.74) is 6.08. The quantitative estimate of drug-likeness (QED) is 0.489. The van der Waals surface area contributed by atoms with E-state index in [-0.39, 0.29) is 11.2 Å². The maximum absolute atomic E-state index is 7.09. The minimum atomic E-state index is -0.160. The van der Waals surface area contributed by atoms with Crippen molar-refractivity contribution >= 4 is 41.2 Å². The summed E-state index contributed by atoms with van der Waals surface area (Å²) in [5, 5.41) is 7.16. The minimum Gasteiger partial charge on any atom is -0.379 e. The average Bonchev–Trinajstić information content (AvgIpc) is 2.62. The SMILES string of the molecule is N=C(N)SCC1=NC=NC2=NC=NC12. The van der Waals surface area contributed by atoms with Crippen LogP contribution in [0.4, 0.5) is 0 Å². The molecule has 2 heterocycles. The normalized spacial score (nSPS) is 23.0. The fourth-order valence-corrected chi connectivity index (χ4v) is 1.67. The van der Waals surface area contributed by atoms with Gasteiger partial charge in [-0.1, -0.05) is 11.8 Å². The number of thioether (sulfide) groups is 1. The van der Waals surface area contributed by atoms with Crippen molar-refractivity contribution in [2.75, 3.05) is 5.75 Å². The molecule has 2 aliphatic heterocycles. The van der Waals surface area contributed by atoms with Gasteiger partial charge in [-0.3, -0.25) is 10.4 Å². The number of hydrogen-bond acceptors (Lipinski definition) is 6. The van der Waals surface area contributed by atoms with Crippen molar-refractivity contribution in [2.45, 2.75) is 6.04 Å². The topological polar surface area (TPSA) is 99.3 Å². The largest absolute Gasteiger partial charge is 0.379 e. The molecule has 0 saturated heterocycles. The molecule has 0 fully saturated rings. The third kappa shape index (κ3) is 1.72. The van der Waals surface area contributed by atoms with Gasteiger partial charge in [0.2, 0.25) is 0 Å². The van der Waals surface area contributed by atoms with Crippen molar-refractivity contribution < 1.29 is 0 Å². The van der Waals surface area contributed by atoms with Crippen molar-refractivity contribution in [1.29, 1.82) is 5.41 Å². The summed E-state index contributed by atoms with van der Waals surface area (Å²) in [7, 11) is 0. The van der Waals surface area contributed by atoms with Crippen molar-refractivity contribution in [2.24, 2.45) is 25.7 Å². The molecule has 14 heavy (non-hydrogen) atoms. The van der Waals surface area contributed by atoms with E-state index < -0.39 is 0 Å². The summed E-state index contributed by atoms with van der Waals surface area (Å²) in [6.45, 7) is 0. The molecule has 0 saturated carbocycles. The predicted molar refractivity (Wildman–Crippen MR) is 60.0 cm³/mol. The van der Waals surface area contributed by atoms with E-state index in [1.54, 1.807) is 0 Å². The van der Waals surface area contributed by atoms with Crippen molar-refractivity contribution in [3.63, 3.8) is 0 Å². The number of nitrogens with one attached hydrogen (secondary N) is 1. The van der Waals surface area contributed by atoms with Gasteiger partial charge in [0, 0.05) is 5.75 Å². The second-order valence-electron chi connectivity index (χ2n) is 2.67. The molecule has 72 valence electrons. The Labute approximate surface area is 84.6 Å². The highest BCUT2D eigenvalue weighted by Gasteiger charge is 2.25. The van der Waals surface area contributed by atoms with Gasteiger partial charge in [0.25, 0.3) is 0 Å². The van der Waals surface area contributed by atoms with Crippen LogP contribution in [0.25, 0.3) is 0 Å². The molecule has 0 aromatic carbocycles. The zero-order valence-electron chi connectivity index (χ0n) is 7.21. The predicted octanol–water partition coefficient (Wildman–Crippen LogP) is -0.0950. The van der Waals surface area contributed by atoms with Crippen LogP contribution < -0.4 is 5.73 Å². The molecule has 0 aliphatic carbocycles. The van der Waals surface area contributed by atoms with Crippen LogP contribution in [0.5, 0.6) is 0 Å². The highest BCUT2D eigenvalue weighted by Crippen LogP contribution is 2.12. The molecule has 0 radical (unpaired) electrons. The standard InChI is InChI=1S/C7H8N6S/c8-7(9)14-1-4-5-6(12-2-10-4)13-3-11-5/h2-3,5H,1H2,(H3,8,9). The zero-order valence-corrected chi connectivity index (χ0v) is 8.03. The Kier molecular flexibility index (Phi) is 2.40. The van der Waals surface area contributed by atoms with Crippen LogP contribution in [-0.4, -0.2) is 41.2 Å². The number of nitrogens with two attached hydrogens (primary N) is 1. The maximum atomic E-state index is 7.09. The lowest BCUT2D eigenvalue weighted by atomic mass is 10.2. The van der Waals surface area contributed by atoms with Crippen LogP contribution in [0.15, 0.2) is 20.0 Å². The summed E-state index contributed by atoms with van der Waals surface area (Å²) in [6.07, 6.45) is 2.94. The molecule has 1 unspecified atom stereocenters. The second-order valence-corrected chi connectivity index (χ2v) is 3.69. The molecule has 0 spiro atoms. The lowest BCUT2D eigenvalue weighted by molar-refractivity contribution is 1.13. The molecule has 2 rings (SSSR count). The zero-order chi connectivity index (χ0) is 9.97. The van der Waals surface area contributed by atoms with E-state index in [0.29, 0.717) is 11.6 Å². The molecular formula is C7H8N6S. The first-order valence-corrected chi connectivity index (χ1v) is 4.91. The van der Waals surface area contributed by atoms with Gasteiger partial charge in [0.05, 0.1) is 5.71 Å². The Morgan fingerprint density at radius 3 is 3.14 bits per heavy atom. The molecule has 0 amide bonds. The maximum Gasteiger partial charge on any atom is 0.162 e. The van der Waals surface area contributed by atoms with Crippen LogP contribution in [0, 0.1) is 5.41 Å². The number of amidine groups is 2. The summed E-state index contributed by atoms with van der Waals surface area (Å²) in [6, 6.07) is -0.160. The summed E-state index contributed by atoms with van der Waals surface area (Å²) in [5.74, 6) is 1.22. The van der Waals surface area contributed by atoms with E-state index in [2.05, 4.69) is 20.0 Å². The third-order valence-corrected chi connectivity index (χ3v) is 2.51. The summed E-state index contributed by atoms with van der Waals surface area (Å²) < 4.78 is 0. The van der Waals surface area contributed by atoms with Gasteiger partial charge in [-0.15, -0.1) is 0 Å². The lowest BCUT2D eigenvalue weighted by Gasteiger charge is -2.12. The van der Waals surface area contributed by atoms with Crippen LogP contribution in [0.2, 0.25) is 0 Å². The highest BCUT2D eigenvalue weighted by atomic mass is 32.2. The van der Waals surface area contributed by atoms with Gasteiger partial charge in [0.15, 0.2) is 17.0 Å². The van der Waals surface area contributed by atoms with Crippen LogP contribution in [0.3, 0.4) is 0 Å². The van der Waals surface area contributed by atoms with E-state index in [0.717, 1.165) is 5.71 Å². The molecule has 1 atom stereocenters. The van der Waals surface area contributed by atoms with E-state index in [9.17, 15) is 0 Å². The highest BCUT2D eigenvalue weighted by molar-refractivity contribution is 8.14. The molecule has 7 heteroatoms. The number of hydrogen-bond donors (Lipinski definition) is 2. The monoisotopic (exact) mass is 208 g/mol. The Morgan fingerprint density at radius 1 is 1.50 bits per heavy atom. The molecule has 0 aromatic heterocycles. The first-order valence-electron chi connectivity index (χ1n) is 3.92. The van der Waals surface area contributed by atoms with Crippen molar-refractivity contribution in [3.05, 3.63) is 0 Å². The fourth-order valence-electron chi connectivity index (χ4n) is 1.14. The third-order valence-electron chi connectivity index (χ3n) is 1.76. The van der Waals surface area contributed by atoms with Gasteiger partial charge in [-0.05, 0) is 0 Å². The van der Waals surface area contributed by atoms with Crippen molar-refractivity contribution in [3.8, 4) is 0 Å². The number of fused-ring (bicyclic) bond motifs is 1. The lowest BCUT2D eigenvalue weighted by Crippen LogP contribution is -2.30. The van der Waals surface area contributed by atoms with Crippen LogP contribution in [0.1, 0.15) is 0 Å². The Bertz CT molecular complexity index is 380. The summed E-state index contributed by atoms with van der Waals surface area (Å²) in [4.78, 5) is 16.2. The molecule has 0 aromatic rings. The molecule has 0 bridgehead atoms. The van der Waals surface area contributed by atoms with Gasteiger partial charge in [-0.25, -0.2) is 15.0 Å². The second kappa shape index (κ2) is 3.70. The van der Waals surface area contributed by atoms with Crippen molar-refractivity contribution in [1.82, 2.24) is 0 Å². The molecule has 6 nitrogen and oxygen atoms in total. The Hall–Kier alpha value is -1.50. The van der Waals surface area contributed by atoms with Gasteiger partial charge in [0.1, 0.15) is 12.7 Å². The van der Waals surface area contributed by atoms with Gasteiger partial charge >= 0.3 is 0 Å². The first-order chi connectivity index (χ1) is 6.77. The van der Waals surface area contributed by atoms with Crippen LogP contribution >= 0.6 is 11.8 Å². The van der Waals surface area contributed by atoms with Crippen LogP contribution in [-0.2, 0) is 0 Å². The fraction of sp³-hybridized carbons (Fsp3) is 0.286. The number of rotatable bonds is 2. The Morgan fingerprint density at radius 2 is 2.36 bits per heavy atom.